The summed E-state index contributed by atoms with van der Waals surface area (Å²) in [4.78, 5) is 35.9. The van der Waals surface area contributed by atoms with Gasteiger partial charge in [0, 0.05) is 6.04 Å². The highest BCUT2D eigenvalue weighted by molar-refractivity contribution is 5.87. The topological polar surface area (TPSA) is 111 Å². The molecule has 0 radical (unpaired) electrons. The molecule has 0 bridgehead atoms. The summed E-state index contributed by atoms with van der Waals surface area (Å²) in [5.41, 5.74) is 5.74. The minimum atomic E-state index is -0.637. The van der Waals surface area contributed by atoms with Crippen LogP contribution < -0.4 is 16.4 Å². The van der Waals surface area contributed by atoms with Crippen LogP contribution in [-0.2, 0) is 19.1 Å². The van der Waals surface area contributed by atoms with E-state index in [2.05, 4.69) is 10.6 Å². The number of esters is 1. The number of rotatable bonds is 6. The molecule has 1 aliphatic rings. The molecule has 0 spiro atoms. The standard InChI is InChI=1S/C17H31N3O4.ClH/c1-11(2)15(18)16(22)19-10-14(21)20-13-9-7-5-4-6-8-12(13)17(23)24-3;/h11-13,15H,4-10,18H2,1-3H3,(H,19,22)(H,20,21);1H/t12?,13?,15-;/m0./s1. The molecule has 0 saturated heterocycles. The predicted octanol–water partition coefficient (Wildman–Crippen LogP) is 1.14. The summed E-state index contributed by atoms with van der Waals surface area (Å²) >= 11 is 0. The largest absolute Gasteiger partial charge is 0.469 e. The molecular weight excluding hydrogens is 346 g/mol. The van der Waals surface area contributed by atoms with E-state index in [1.165, 1.54) is 7.11 Å². The lowest BCUT2D eigenvalue weighted by atomic mass is 9.86. The van der Waals surface area contributed by atoms with Crippen LogP contribution in [0.25, 0.3) is 0 Å². The number of carbonyl (C=O) groups excluding carboxylic acids is 3. The summed E-state index contributed by atoms with van der Waals surface area (Å²) in [6.07, 6.45) is 5.56. The Morgan fingerprint density at radius 3 is 2.28 bits per heavy atom. The van der Waals surface area contributed by atoms with Crippen molar-refractivity contribution in [3.05, 3.63) is 0 Å². The number of carbonyl (C=O) groups is 3. The molecule has 7 nitrogen and oxygen atoms in total. The van der Waals surface area contributed by atoms with E-state index in [1.807, 2.05) is 13.8 Å². The SMILES string of the molecule is COC(=O)C1CCCCCCC1NC(=O)CNC(=O)[C@@H](N)C(C)C.Cl. The molecule has 8 heteroatoms. The highest BCUT2D eigenvalue weighted by atomic mass is 35.5. The Bertz CT molecular complexity index is 446. The van der Waals surface area contributed by atoms with Gasteiger partial charge in [-0.2, -0.15) is 0 Å². The van der Waals surface area contributed by atoms with E-state index in [4.69, 9.17) is 10.5 Å². The average Bonchev–Trinajstić information content (AvgIpc) is 2.53. The van der Waals surface area contributed by atoms with E-state index in [0.29, 0.717) is 6.42 Å². The van der Waals surface area contributed by atoms with Crippen molar-refractivity contribution in [2.24, 2.45) is 17.6 Å². The number of amides is 2. The Morgan fingerprint density at radius 1 is 1.12 bits per heavy atom. The van der Waals surface area contributed by atoms with E-state index >= 15 is 0 Å². The lowest BCUT2D eigenvalue weighted by Gasteiger charge is -2.28. The van der Waals surface area contributed by atoms with Crippen LogP contribution >= 0.6 is 12.4 Å². The van der Waals surface area contributed by atoms with Gasteiger partial charge in [-0.1, -0.05) is 39.5 Å². The van der Waals surface area contributed by atoms with Gasteiger partial charge in [0.15, 0.2) is 0 Å². The smallest absolute Gasteiger partial charge is 0.310 e. The second kappa shape index (κ2) is 12.1. The van der Waals surface area contributed by atoms with Gasteiger partial charge in [-0.15, -0.1) is 12.4 Å². The maximum absolute atomic E-state index is 12.1. The Hall–Kier alpha value is -1.34. The maximum Gasteiger partial charge on any atom is 0.310 e. The van der Waals surface area contributed by atoms with Crippen LogP contribution in [0.3, 0.4) is 0 Å². The highest BCUT2D eigenvalue weighted by Gasteiger charge is 2.31. The first-order valence-electron chi connectivity index (χ1n) is 8.77. The van der Waals surface area contributed by atoms with Crippen molar-refractivity contribution in [3.63, 3.8) is 0 Å². The number of hydrogen-bond donors (Lipinski definition) is 3. The zero-order valence-electron chi connectivity index (χ0n) is 15.4. The van der Waals surface area contributed by atoms with Gasteiger partial charge in [0.05, 0.1) is 25.6 Å². The number of hydrogen-bond acceptors (Lipinski definition) is 5. The molecule has 25 heavy (non-hydrogen) atoms. The van der Waals surface area contributed by atoms with Crippen LogP contribution in [-0.4, -0.2) is 43.5 Å². The minimum absolute atomic E-state index is 0. The predicted molar refractivity (Wildman–Crippen MR) is 98.2 cm³/mol. The summed E-state index contributed by atoms with van der Waals surface area (Å²) in [6.45, 7) is 3.56. The van der Waals surface area contributed by atoms with E-state index in [1.54, 1.807) is 0 Å². The van der Waals surface area contributed by atoms with Crippen LogP contribution in [0.4, 0.5) is 0 Å². The second-order valence-corrected chi connectivity index (χ2v) is 6.78. The Morgan fingerprint density at radius 2 is 1.72 bits per heavy atom. The number of methoxy groups -OCH3 is 1. The van der Waals surface area contributed by atoms with Gasteiger partial charge in [-0.25, -0.2) is 0 Å². The molecule has 3 atom stereocenters. The van der Waals surface area contributed by atoms with Crippen LogP contribution in [0.2, 0.25) is 0 Å². The average molecular weight is 378 g/mol. The third-order valence-electron chi connectivity index (χ3n) is 4.56. The Balaban J connectivity index is 0.00000576. The van der Waals surface area contributed by atoms with Crippen molar-refractivity contribution in [2.75, 3.05) is 13.7 Å². The molecule has 0 heterocycles. The van der Waals surface area contributed by atoms with Gasteiger partial charge < -0.3 is 21.1 Å². The maximum atomic E-state index is 12.1. The Labute approximate surface area is 156 Å². The third-order valence-corrected chi connectivity index (χ3v) is 4.56. The van der Waals surface area contributed by atoms with Gasteiger partial charge in [0.25, 0.3) is 0 Å². The molecule has 1 fully saturated rings. The zero-order valence-corrected chi connectivity index (χ0v) is 16.2. The van der Waals surface area contributed by atoms with Crippen molar-refractivity contribution in [3.8, 4) is 0 Å². The van der Waals surface area contributed by atoms with Crippen LogP contribution in [0.1, 0.15) is 52.4 Å². The molecule has 0 aliphatic heterocycles. The number of nitrogens with two attached hydrogens (primary N) is 1. The fourth-order valence-electron chi connectivity index (χ4n) is 2.94. The summed E-state index contributed by atoms with van der Waals surface area (Å²) in [7, 11) is 1.37. The molecule has 4 N–H and O–H groups in total. The number of nitrogens with one attached hydrogen (secondary N) is 2. The van der Waals surface area contributed by atoms with E-state index in [-0.39, 0.29) is 54.6 Å². The van der Waals surface area contributed by atoms with Crippen molar-refractivity contribution in [2.45, 2.75) is 64.5 Å². The van der Waals surface area contributed by atoms with Crippen molar-refractivity contribution >= 4 is 30.2 Å². The lowest BCUT2D eigenvalue weighted by molar-refractivity contribution is -0.147. The first-order chi connectivity index (χ1) is 11.4. The molecule has 1 aliphatic carbocycles. The van der Waals surface area contributed by atoms with Crippen molar-refractivity contribution in [1.29, 1.82) is 0 Å². The van der Waals surface area contributed by atoms with E-state index in [9.17, 15) is 14.4 Å². The molecule has 0 aromatic carbocycles. The fraction of sp³-hybridized carbons (Fsp3) is 0.824. The van der Waals surface area contributed by atoms with Gasteiger partial charge in [-0.3, -0.25) is 14.4 Å². The quantitative estimate of drug-likeness (QED) is 0.601. The summed E-state index contributed by atoms with van der Waals surface area (Å²) in [5, 5.41) is 5.43. The molecule has 1 saturated carbocycles. The third kappa shape index (κ3) is 8.05. The van der Waals surface area contributed by atoms with Crippen LogP contribution in [0.5, 0.6) is 0 Å². The van der Waals surface area contributed by atoms with Crippen molar-refractivity contribution in [1.82, 2.24) is 10.6 Å². The Kier molecular flexibility index (Phi) is 11.4. The molecular formula is C17H32ClN3O4. The summed E-state index contributed by atoms with van der Waals surface area (Å²) in [6, 6.07) is -0.886. The molecule has 0 aromatic heterocycles. The minimum Gasteiger partial charge on any atom is -0.469 e. The number of ether oxygens (including phenoxy) is 1. The van der Waals surface area contributed by atoms with Gasteiger partial charge in [0.1, 0.15) is 0 Å². The molecule has 1 rings (SSSR count). The lowest BCUT2D eigenvalue weighted by Crippen LogP contribution is -2.50. The monoisotopic (exact) mass is 377 g/mol. The second-order valence-electron chi connectivity index (χ2n) is 6.78. The zero-order chi connectivity index (χ0) is 18.1. The van der Waals surface area contributed by atoms with Gasteiger partial charge >= 0.3 is 5.97 Å². The molecule has 2 amide bonds. The first kappa shape index (κ1) is 23.7. The fourth-order valence-corrected chi connectivity index (χ4v) is 2.94. The summed E-state index contributed by atoms with van der Waals surface area (Å²) < 4.78 is 4.88. The van der Waals surface area contributed by atoms with Crippen LogP contribution in [0.15, 0.2) is 0 Å². The van der Waals surface area contributed by atoms with Crippen LogP contribution in [0, 0.1) is 11.8 Å². The number of halogens is 1. The van der Waals surface area contributed by atoms with Crippen molar-refractivity contribution < 1.29 is 19.1 Å². The first-order valence-corrected chi connectivity index (χ1v) is 8.77. The molecule has 0 aromatic rings. The van der Waals surface area contributed by atoms with Gasteiger partial charge in [0.2, 0.25) is 11.8 Å². The highest BCUT2D eigenvalue weighted by Crippen LogP contribution is 2.24. The molecule has 2 unspecified atom stereocenters. The van der Waals surface area contributed by atoms with Gasteiger partial charge in [-0.05, 0) is 18.8 Å². The van der Waals surface area contributed by atoms with E-state index in [0.717, 1.165) is 32.1 Å². The van der Waals surface area contributed by atoms with E-state index < -0.39 is 6.04 Å². The molecule has 146 valence electrons. The summed E-state index contributed by atoms with van der Waals surface area (Å²) in [5.74, 6) is -1.26. The normalized spacial score (nSPS) is 22.0.